The number of aliphatic imine (C=N–C) groups is 1. The van der Waals surface area contributed by atoms with Crippen LogP contribution >= 0.6 is 0 Å². The number of rotatable bonds is 3. The highest BCUT2D eigenvalue weighted by Gasteiger charge is 2.21. The van der Waals surface area contributed by atoms with Gasteiger partial charge in [-0.2, -0.15) is 0 Å². The lowest BCUT2D eigenvalue weighted by Gasteiger charge is -2.06. The Kier molecular flexibility index (Phi) is 3.16. The lowest BCUT2D eigenvalue weighted by molar-refractivity contribution is 0.954. The number of nitrogens with zero attached hydrogens (tertiary/aromatic N) is 4. The zero-order chi connectivity index (χ0) is 14.8. The van der Waals surface area contributed by atoms with Gasteiger partial charge in [0, 0.05) is 18.0 Å². The summed E-state index contributed by atoms with van der Waals surface area (Å²) in [7, 11) is 0. The fourth-order valence-electron chi connectivity index (χ4n) is 2.54. The van der Waals surface area contributed by atoms with Crippen LogP contribution in [0.15, 0.2) is 66.0 Å². The Labute approximate surface area is 128 Å². The maximum Gasteiger partial charge on any atom is 0.136 e. The molecule has 1 aliphatic rings. The summed E-state index contributed by atoms with van der Waals surface area (Å²) in [5.41, 5.74) is 6.58. The fraction of sp³-hybridized carbons (Fsp3) is 0.118. The van der Waals surface area contributed by atoms with E-state index in [0.29, 0.717) is 6.54 Å². The topological polar surface area (TPSA) is 55.1 Å². The van der Waals surface area contributed by atoms with Crippen LogP contribution in [0.5, 0.6) is 0 Å². The van der Waals surface area contributed by atoms with Crippen molar-refractivity contribution in [2.45, 2.75) is 13.0 Å². The van der Waals surface area contributed by atoms with Crippen molar-refractivity contribution in [2.24, 2.45) is 4.99 Å². The highest BCUT2D eigenvalue weighted by molar-refractivity contribution is 5.94. The van der Waals surface area contributed by atoms with Gasteiger partial charge in [0.05, 0.1) is 24.9 Å². The normalized spacial score (nSPS) is 14.8. The van der Waals surface area contributed by atoms with E-state index in [1.807, 2.05) is 47.4 Å². The van der Waals surface area contributed by atoms with E-state index in [1.54, 1.807) is 6.20 Å². The molecule has 5 heteroatoms. The lowest BCUT2D eigenvalue weighted by atomic mass is 10.2. The molecule has 108 valence electrons. The van der Waals surface area contributed by atoms with Crippen LogP contribution in [0.2, 0.25) is 0 Å². The van der Waals surface area contributed by atoms with Gasteiger partial charge in [-0.15, -0.1) is 0 Å². The second-order valence-electron chi connectivity index (χ2n) is 5.17. The molecule has 2 aromatic heterocycles. The molecule has 0 aliphatic carbocycles. The van der Waals surface area contributed by atoms with Gasteiger partial charge in [-0.25, -0.2) is 9.66 Å². The molecule has 3 aromatic rings. The molecular formula is C17H15N5. The number of hydrogen-bond acceptors (Lipinski definition) is 3. The summed E-state index contributed by atoms with van der Waals surface area (Å²) in [6, 6.07) is 14.2. The molecule has 1 N–H and O–H groups in total. The summed E-state index contributed by atoms with van der Waals surface area (Å²) in [4.78, 5) is 13.3. The average Bonchev–Trinajstić information content (AvgIpc) is 3.15. The predicted molar refractivity (Wildman–Crippen MR) is 86.1 cm³/mol. The van der Waals surface area contributed by atoms with E-state index < -0.39 is 0 Å². The van der Waals surface area contributed by atoms with Crippen LogP contribution in [0.1, 0.15) is 11.4 Å². The number of pyridine rings is 1. The van der Waals surface area contributed by atoms with Crippen molar-refractivity contribution in [3.63, 3.8) is 0 Å². The van der Waals surface area contributed by atoms with Gasteiger partial charge in [0.15, 0.2) is 0 Å². The van der Waals surface area contributed by atoms with Crippen molar-refractivity contribution in [2.75, 3.05) is 5.43 Å². The summed E-state index contributed by atoms with van der Waals surface area (Å²) < 4.78 is 1.99. The van der Waals surface area contributed by atoms with Crippen molar-refractivity contribution in [1.29, 1.82) is 0 Å². The van der Waals surface area contributed by atoms with Crippen molar-refractivity contribution in [3.05, 3.63) is 72.4 Å². The monoisotopic (exact) mass is 289 g/mol. The van der Waals surface area contributed by atoms with Crippen LogP contribution in [0.25, 0.3) is 11.3 Å². The summed E-state index contributed by atoms with van der Waals surface area (Å²) in [6.45, 7) is 0.677. The van der Waals surface area contributed by atoms with Crippen molar-refractivity contribution in [3.8, 4) is 11.3 Å². The van der Waals surface area contributed by atoms with E-state index in [1.165, 1.54) is 5.56 Å². The van der Waals surface area contributed by atoms with E-state index in [2.05, 4.69) is 32.5 Å². The van der Waals surface area contributed by atoms with Gasteiger partial charge in [0.2, 0.25) is 0 Å². The smallest absolute Gasteiger partial charge is 0.136 e. The van der Waals surface area contributed by atoms with Gasteiger partial charge in [0.1, 0.15) is 11.7 Å². The first kappa shape index (κ1) is 12.8. The molecule has 0 bridgehead atoms. The van der Waals surface area contributed by atoms with E-state index in [4.69, 9.17) is 0 Å². The average molecular weight is 289 g/mol. The Hall–Kier alpha value is -2.95. The largest absolute Gasteiger partial charge is 0.279 e. The van der Waals surface area contributed by atoms with Crippen molar-refractivity contribution >= 4 is 5.84 Å². The number of fused-ring (bicyclic) bond motifs is 1. The summed E-state index contributed by atoms with van der Waals surface area (Å²) >= 11 is 0. The zero-order valence-corrected chi connectivity index (χ0v) is 12.0. The van der Waals surface area contributed by atoms with E-state index in [9.17, 15) is 0 Å². The third-order valence-corrected chi connectivity index (χ3v) is 3.65. The molecule has 0 saturated heterocycles. The highest BCUT2D eigenvalue weighted by Crippen LogP contribution is 2.21. The number of hydrogen-bond donors (Lipinski definition) is 1. The van der Waals surface area contributed by atoms with Crippen LogP contribution in [-0.2, 0) is 13.0 Å². The molecule has 0 spiro atoms. The molecule has 1 aliphatic heterocycles. The molecule has 3 heterocycles. The molecule has 0 fully saturated rings. The molecule has 5 nitrogen and oxygen atoms in total. The third kappa shape index (κ3) is 2.37. The molecule has 22 heavy (non-hydrogen) atoms. The van der Waals surface area contributed by atoms with Gasteiger partial charge in [0.25, 0.3) is 0 Å². The van der Waals surface area contributed by atoms with E-state index >= 15 is 0 Å². The van der Waals surface area contributed by atoms with Crippen LogP contribution < -0.4 is 5.43 Å². The maximum atomic E-state index is 4.64. The first-order chi connectivity index (χ1) is 10.9. The van der Waals surface area contributed by atoms with E-state index in [0.717, 1.165) is 29.3 Å². The Balaban J connectivity index is 1.55. The Bertz CT molecular complexity index is 806. The molecule has 1 aromatic carbocycles. The number of aromatic nitrogens is 3. The number of nitrogens with one attached hydrogen (secondary N) is 1. The second kappa shape index (κ2) is 5.44. The second-order valence-corrected chi connectivity index (χ2v) is 5.17. The molecule has 4 rings (SSSR count). The van der Waals surface area contributed by atoms with Gasteiger partial charge in [-0.3, -0.25) is 15.4 Å². The minimum atomic E-state index is 0.677. The van der Waals surface area contributed by atoms with Crippen LogP contribution in [0.3, 0.4) is 0 Å². The summed E-state index contributed by atoms with van der Waals surface area (Å²) in [5, 5.41) is 0. The third-order valence-electron chi connectivity index (χ3n) is 3.65. The molecule has 0 radical (unpaired) electrons. The molecule has 0 amide bonds. The van der Waals surface area contributed by atoms with Gasteiger partial charge in [-0.1, -0.05) is 30.3 Å². The molecule has 0 unspecified atom stereocenters. The SMILES string of the molecule is c1ccc(CN=C2Cc3ncc(-c4cccnc4)n3N2)cc1. The Morgan fingerprint density at radius 2 is 2.00 bits per heavy atom. The van der Waals surface area contributed by atoms with E-state index in [-0.39, 0.29) is 0 Å². The van der Waals surface area contributed by atoms with Crippen LogP contribution in [0.4, 0.5) is 0 Å². The van der Waals surface area contributed by atoms with Crippen LogP contribution in [-0.4, -0.2) is 20.5 Å². The molecule has 0 saturated carbocycles. The van der Waals surface area contributed by atoms with Crippen LogP contribution in [0, 0.1) is 0 Å². The van der Waals surface area contributed by atoms with Gasteiger partial charge >= 0.3 is 0 Å². The Morgan fingerprint density at radius 3 is 2.82 bits per heavy atom. The molecule has 0 atom stereocenters. The first-order valence-corrected chi connectivity index (χ1v) is 7.21. The molecular weight excluding hydrogens is 274 g/mol. The summed E-state index contributed by atoms with van der Waals surface area (Å²) in [5.74, 6) is 1.92. The minimum absolute atomic E-state index is 0.677. The van der Waals surface area contributed by atoms with Gasteiger partial charge in [-0.05, 0) is 17.7 Å². The standard InChI is InChI=1S/C17H15N5/c1-2-5-13(6-3-1)10-19-16-9-17-20-12-15(22(17)21-16)14-7-4-8-18-11-14/h1-8,11-12H,9-10H2,(H,19,21). The zero-order valence-electron chi connectivity index (χ0n) is 12.0. The van der Waals surface area contributed by atoms with Crippen molar-refractivity contribution < 1.29 is 0 Å². The predicted octanol–water partition coefficient (Wildman–Crippen LogP) is 2.64. The first-order valence-electron chi connectivity index (χ1n) is 7.21. The fourth-order valence-corrected chi connectivity index (χ4v) is 2.54. The number of imidazole rings is 1. The van der Waals surface area contributed by atoms with Crippen molar-refractivity contribution in [1.82, 2.24) is 14.6 Å². The maximum absolute atomic E-state index is 4.64. The highest BCUT2D eigenvalue weighted by atomic mass is 15.5. The minimum Gasteiger partial charge on any atom is -0.279 e. The van der Waals surface area contributed by atoms with Gasteiger partial charge < -0.3 is 0 Å². The number of amidine groups is 1. The number of benzene rings is 1. The quantitative estimate of drug-likeness (QED) is 0.806. The lowest BCUT2D eigenvalue weighted by Crippen LogP contribution is -2.16. The summed E-state index contributed by atoms with van der Waals surface area (Å²) in [6.07, 6.45) is 6.20. The Morgan fingerprint density at radius 1 is 1.09 bits per heavy atom.